The summed E-state index contributed by atoms with van der Waals surface area (Å²) < 4.78 is 34.5. The molecule has 0 aliphatic carbocycles. The average molecular weight is 377 g/mol. The van der Waals surface area contributed by atoms with Crippen LogP contribution in [0.15, 0.2) is 35.5 Å². The van der Waals surface area contributed by atoms with E-state index in [1.165, 1.54) is 40.6 Å². The fourth-order valence-corrected chi connectivity index (χ4v) is 2.57. The van der Waals surface area contributed by atoms with Gasteiger partial charge in [-0.2, -0.15) is 0 Å². The number of ketones is 1. The maximum atomic E-state index is 13.9. The van der Waals surface area contributed by atoms with Crippen LogP contribution in [0.4, 0.5) is 4.39 Å². The fourth-order valence-electron chi connectivity index (χ4n) is 2.57. The number of hydrogen-bond acceptors (Lipinski definition) is 7. The third kappa shape index (κ3) is 4.28. The summed E-state index contributed by atoms with van der Waals surface area (Å²) >= 11 is 0. The van der Waals surface area contributed by atoms with Crippen LogP contribution in [0.2, 0.25) is 0 Å². The number of nitrogens with zero attached hydrogens (tertiary/aromatic N) is 1. The molecule has 0 aliphatic rings. The Morgan fingerprint density at radius 2 is 1.56 bits per heavy atom. The van der Waals surface area contributed by atoms with Crippen LogP contribution in [0.1, 0.15) is 15.9 Å². The van der Waals surface area contributed by atoms with Crippen molar-refractivity contribution in [3.63, 3.8) is 0 Å². The number of hydrogen-bond donors (Lipinski definition) is 1. The summed E-state index contributed by atoms with van der Waals surface area (Å²) in [4.78, 5) is 12.6. The number of methoxy groups -OCH3 is 4. The lowest BCUT2D eigenvalue weighted by Gasteiger charge is -2.14. The summed E-state index contributed by atoms with van der Waals surface area (Å²) in [6, 6.07) is 7.02. The van der Waals surface area contributed by atoms with Crippen molar-refractivity contribution >= 4 is 11.5 Å². The van der Waals surface area contributed by atoms with Crippen LogP contribution in [-0.2, 0) is 6.42 Å². The molecule has 2 rings (SSSR count). The van der Waals surface area contributed by atoms with Gasteiger partial charge in [-0.05, 0) is 35.9 Å². The molecule has 0 amide bonds. The van der Waals surface area contributed by atoms with Gasteiger partial charge < -0.3 is 24.2 Å². The molecule has 2 aromatic rings. The number of oxime groups is 1. The molecule has 2 aromatic carbocycles. The van der Waals surface area contributed by atoms with E-state index in [2.05, 4.69) is 5.16 Å². The van der Waals surface area contributed by atoms with E-state index in [4.69, 9.17) is 18.9 Å². The second-order valence-electron chi connectivity index (χ2n) is 5.44. The molecule has 0 heterocycles. The fraction of sp³-hybridized carbons (Fsp3) is 0.263. The molecule has 0 aromatic heterocycles. The highest BCUT2D eigenvalue weighted by molar-refractivity contribution is 6.46. The molecular formula is C19H20FNO6. The molecular weight excluding hydrogens is 357 g/mol. The molecule has 0 unspecified atom stereocenters. The second-order valence-corrected chi connectivity index (χ2v) is 5.44. The van der Waals surface area contributed by atoms with E-state index in [1.807, 2.05) is 0 Å². The Kier molecular flexibility index (Phi) is 6.59. The first-order chi connectivity index (χ1) is 13.0. The molecule has 0 saturated carbocycles. The summed E-state index contributed by atoms with van der Waals surface area (Å²) in [5.74, 6) is -0.103. The Morgan fingerprint density at radius 3 is 2.00 bits per heavy atom. The molecule has 0 atom stereocenters. The molecule has 0 bridgehead atoms. The molecule has 0 saturated heterocycles. The Morgan fingerprint density at radius 1 is 0.963 bits per heavy atom. The van der Waals surface area contributed by atoms with Crippen LogP contribution in [0.3, 0.4) is 0 Å². The Hall–Kier alpha value is -3.29. The average Bonchev–Trinajstić information content (AvgIpc) is 2.70. The van der Waals surface area contributed by atoms with Gasteiger partial charge in [-0.25, -0.2) is 4.39 Å². The van der Waals surface area contributed by atoms with Gasteiger partial charge in [0.15, 0.2) is 23.1 Å². The smallest absolute Gasteiger partial charge is 0.211 e. The number of ether oxygens (including phenoxy) is 4. The van der Waals surface area contributed by atoms with Crippen molar-refractivity contribution in [2.45, 2.75) is 6.42 Å². The van der Waals surface area contributed by atoms with Gasteiger partial charge in [0.05, 0.1) is 28.4 Å². The molecule has 0 spiro atoms. The van der Waals surface area contributed by atoms with E-state index >= 15 is 0 Å². The number of carbonyl (C=O) groups excluding carboxylic acids is 1. The second kappa shape index (κ2) is 8.88. The minimum Gasteiger partial charge on any atom is -0.494 e. The monoisotopic (exact) mass is 377 g/mol. The standard InChI is InChI=1S/C19H20FNO6/c1-24-15-6-5-12(10-13(15)20)18(22)14(21-23)7-11-8-16(25-2)19(27-4)17(9-11)26-3/h5-6,8-10,23H,7H2,1-4H3/b21-14-. The predicted octanol–water partition coefficient (Wildman–Crippen LogP) is 3.12. The van der Waals surface area contributed by atoms with Crippen molar-refractivity contribution in [2.24, 2.45) is 5.16 Å². The van der Waals surface area contributed by atoms with Gasteiger partial charge in [0.2, 0.25) is 11.5 Å². The van der Waals surface area contributed by atoms with Gasteiger partial charge >= 0.3 is 0 Å². The summed E-state index contributed by atoms with van der Waals surface area (Å²) in [6.07, 6.45) is -0.0281. The molecule has 144 valence electrons. The zero-order valence-electron chi connectivity index (χ0n) is 15.4. The molecule has 0 radical (unpaired) electrons. The van der Waals surface area contributed by atoms with Crippen molar-refractivity contribution < 1.29 is 33.3 Å². The zero-order chi connectivity index (χ0) is 20.0. The first-order valence-electron chi connectivity index (χ1n) is 7.87. The quantitative estimate of drug-likeness (QED) is 0.329. The third-order valence-electron chi connectivity index (χ3n) is 3.89. The van der Waals surface area contributed by atoms with Gasteiger partial charge in [0.1, 0.15) is 5.71 Å². The first-order valence-corrected chi connectivity index (χ1v) is 7.87. The Balaban J connectivity index is 2.34. The molecule has 8 heteroatoms. The lowest BCUT2D eigenvalue weighted by Crippen LogP contribution is -2.18. The first kappa shape index (κ1) is 20.0. The molecule has 0 aliphatic heterocycles. The van der Waals surface area contributed by atoms with E-state index in [0.29, 0.717) is 22.8 Å². The zero-order valence-corrected chi connectivity index (χ0v) is 15.4. The third-order valence-corrected chi connectivity index (χ3v) is 3.89. The highest BCUT2D eigenvalue weighted by Gasteiger charge is 2.20. The van der Waals surface area contributed by atoms with Crippen LogP contribution >= 0.6 is 0 Å². The van der Waals surface area contributed by atoms with Crippen molar-refractivity contribution in [3.05, 3.63) is 47.3 Å². The van der Waals surface area contributed by atoms with Crippen LogP contribution in [-0.4, -0.2) is 45.1 Å². The van der Waals surface area contributed by atoms with E-state index in [0.717, 1.165) is 6.07 Å². The number of rotatable bonds is 8. The number of Topliss-reactive ketones (excluding diaryl/α,β-unsaturated/α-hetero) is 1. The molecule has 1 N–H and O–H groups in total. The topological polar surface area (TPSA) is 86.6 Å². The Labute approximate surface area is 155 Å². The lowest BCUT2D eigenvalue weighted by atomic mass is 10.00. The minimum atomic E-state index is -0.687. The molecule has 7 nitrogen and oxygen atoms in total. The summed E-state index contributed by atoms with van der Waals surface area (Å²) in [5, 5.41) is 12.4. The Bertz CT molecular complexity index is 840. The van der Waals surface area contributed by atoms with Crippen molar-refractivity contribution in [1.82, 2.24) is 0 Å². The minimum absolute atomic E-state index is 0.0127. The van der Waals surface area contributed by atoms with Crippen molar-refractivity contribution in [3.8, 4) is 23.0 Å². The normalized spacial score (nSPS) is 11.1. The largest absolute Gasteiger partial charge is 0.494 e. The highest BCUT2D eigenvalue weighted by Crippen LogP contribution is 2.38. The van der Waals surface area contributed by atoms with Gasteiger partial charge in [-0.1, -0.05) is 5.16 Å². The molecule has 0 fully saturated rings. The highest BCUT2D eigenvalue weighted by atomic mass is 19.1. The SMILES string of the molecule is COc1ccc(C(=O)/C(Cc2cc(OC)c(OC)c(OC)c2)=N\O)cc1F. The van der Waals surface area contributed by atoms with Gasteiger partial charge in [0.25, 0.3) is 0 Å². The summed E-state index contributed by atoms with van der Waals surface area (Å²) in [7, 11) is 5.73. The maximum Gasteiger partial charge on any atom is 0.211 e. The van der Waals surface area contributed by atoms with E-state index in [1.54, 1.807) is 12.1 Å². The predicted molar refractivity (Wildman–Crippen MR) is 96.3 cm³/mol. The van der Waals surface area contributed by atoms with Gasteiger partial charge in [-0.3, -0.25) is 4.79 Å². The number of carbonyl (C=O) groups is 1. The van der Waals surface area contributed by atoms with Crippen LogP contribution in [0.25, 0.3) is 0 Å². The van der Waals surface area contributed by atoms with E-state index in [-0.39, 0.29) is 23.4 Å². The van der Waals surface area contributed by atoms with Gasteiger partial charge in [0, 0.05) is 12.0 Å². The molecule has 27 heavy (non-hydrogen) atoms. The van der Waals surface area contributed by atoms with Crippen molar-refractivity contribution in [1.29, 1.82) is 0 Å². The van der Waals surface area contributed by atoms with E-state index in [9.17, 15) is 14.4 Å². The number of halogens is 1. The van der Waals surface area contributed by atoms with E-state index < -0.39 is 11.6 Å². The maximum absolute atomic E-state index is 13.9. The van der Waals surface area contributed by atoms with Gasteiger partial charge in [-0.15, -0.1) is 0 Å². The van der Waals surface area contributed by atoms with Crippen LogP contribution in [0, 0.1) is 5.82 Å². The summed E-state index contributed by atoms with van der Waals surface area (Å²) in [6.45, 7) is 0. The number of benzene rings is 2. The van der Waals surface area contributed by atoms with Crippen LogP contribution in [0.5, 0.6) is 23.0 Å². The summed E-state index contributed by atoms with van der Waals surface area (Å²) in [5.41, 5.74) is 0.446. The van der Waals surface area contributed by atoms with Crippen LogP contribution < -0.4 is 18.9 Å². The lowest BCUT2D eigenvalue weighted by molar-refractivity contribution is 0.105. The van der Waals surface area contributed by atoms with Crippen molar-refractivity contribution in [2.75, 3.05) is 28.4 Å².